The maximum absolute atomic E-state index is 14.0. The van der Waals surface area contributed by atoms with Gasteiger partial charge in [0.1, 0.15) is 17.2 Å². The van der Waals surface area contributed by atoms with Crippen molar-refractivity contribution < 1.29 is 30.8 Å². The molecule has 1 N–H and O–H groups in total. The Morgan fingerprint density at radius 2 is 1.67 bits per heavy atom. The molecule has 3 aliphatic carbocycles. The summed E-state index contributed by atoms with van der Waals surface area (Å²) in [5.41, 5.74) is -2.00. The Morgan fingerprint density at radius 3 is 2.29 bits per heavy atom. The molecule has 12 heteroatoms. The van der Waals surface area contributed by atoms with E-state index in [-0.39, 0.29) is 29.2 Å². The molecular formula is C30H34F4N4O3S. The van der Waals surface area contributed by atoms with Gasteiger partial charge in [-0.2, -0.15) is 17.5 Å². The molecule has 1 unspecified atom stereocenters. The topological polar surface area (TPSA) is 82.1 Å². The Morgan fingerprint density at radius 1 is 1.02 bits per heavy atom. The van der Waals surface area contributed by atoms with Crippen molar-refractivity contribution in [3.63, 3.8) is 0 Å². The second-order valence-electron chi connectivity index (χ2n) is 12.4. The molecule has 2 aliphatic heterocycles. The largest absolute Gasteiger partial charge is 0.416 e. The highest BCUT2D eigenvalue weighted by molar-refractivity contribution is 7.89. The van der Waals surface area contributed by atoms with E-state index in [0.29, 0.717) is 31.4 Å². The summed E-state index contributed by atoms with van der Waals surface area (Å²) >= 11 is 0. The van der Waals surface area contributed by atoms with Gasteiger partial charge in [-0.1, -0.05) is 12.1 Å². The first-order valence-electron chi connectivity index (χ1n) is 14.4. The van der Waals surface area contributed by atoms with Crippen LogP contribution in [0.15, 0.2) is 58.4 Å². The number of hydrogen-bond donors (Lipinski definition) is 1. The van der Waals surface area contributed by atoms with Gasteiger partial charge in [0.15, 0.2) is 0 Å². The number of fused-ring (bicyclic) bond motifs is 1. The Hall–Kier alpha value is -2.99. The molecule has 1 amide bonds. The van der Waals surface area contributed by atoms with Crippen molar-refractivity contribution in [3.8, 4) is 0 Å². The maximum atomic E-state index is 14.0. The van der Waals surface area contributed by atoms with E-state index in [1.54, 1.807) is 0 Å². The number of aliphatic imine (C=N–C) groups is 1. The van der Waals surface area contributed by atoms with E-state index in [0.717, 1.165) is 62.5 Å². The van der Waals surface area contributed by atoms with Crippen molar-refractivity contribution in [2.75, 3.05) is 19.6 Å². The van der Waals surface area contributed by atoms with Crippen LogP contribution in [0.4, 0.5) is 17.6 Å². The van der Waals surface area contributed by atoms with Crippen LogP contribution in [0.25, 0.3) is 0 Å². The minimum atomic E-state index is -4.50. The van der Waals surface area contributed by atoms with E-state index in [4.69, 9.17) is 4.99 Å². The molecule has 3 saturated carbocycles. The predicted octanol–water partition coefficient (Wildman–Crippen LogP) is 4.98. The van der Waals surface area contributed by atoms with E-state index in [2.05, 4.69) is 5.32 Å². The van der Waals surface area contributed by atoms with Gasteiger partial charge in [-0.25, -0.2) is 12.8 Å². The standard InChI is InChI=1S/C30H34F4N4O3S/c1-28(27(39)37-13-3-2-4-14-37)19-35-26(36-28)25-17-29(15-21(25)16-29)38(42(40,41)24-11-9-23(31)10-12-24)18-20-5-7-22(8-6-20)30(32,33)34/h5-12,21,25H,2-4,13-19H2,1H3,(H,35,36)/t21?,25?,28-,29?/m1/s1. The lowest BCUT2D eigenvalue weighted by molar-refractivity contribution is -0.138. The fraction of sp³-hybridized carbons (Fsp3) is 0.533. The second-order valence-corrected chi connectivity index (χ2v) is 14.2. The molecule has 2 bridgehead atoms. The van der Waals surface area contributed by atoms with Gasteiger partial charge in [0, 0.05) is 31.1 Å². The number of benzene rings is 2. The normalized spacial score (nSPS) is 29.3. The summed E-state index contributed by atoms with van der Waals surface area (Å²) in [7, 11) is -4.13. The third-order valence-corrected chi connectivity index (χ3v) is 11.4. The minimum absolute atomic E-state index is 0.0313. The first-order chi connectivity index (χ1) is 19.8. The first kappa shape index (κ1) is 29.1. The zero-order valence-corrected chi connectivity index (χ0v) is 24.1. The van der Waals surface area contributed by atoms with Crippen LogP contribution in [0.1, 0.15) is 56.6 Å². The molecule has 2 aromatic rings. The third-order valence-electron chi connectivity index (χ3n) is 9.43. The highest BCUT2D eigenvalue weighted by Gasteiger charge is 2.63. The summed E-state index contributed by atoms with van der Waals surface area (Å²) in [5, 5.41) is 3.41. The van der Waals surface area contributed by atoms with Crippen molar-refractivity contribution in [2.45, 2.75) is 74.1 Å². The van der Waals surface area contributed by atoms with Crippen molar-refractivity contribution >= 4 is 21.8 Å². The average Bonchev–Trinajstić information content (AvgIpc) is 3.64. The number of halogens is 4. The molecule has 2 heterocycles. The molecule has 4 fully saturated rings. The predicted molar refractivity (Wildman–Crippen MR) is 148 cm³/mol. The SMILES string of the molecule is C[C@]1(C(=O)N2CCCCC2)CN=C(C2CC3(N(Cc4ccc(C(F)(F)F)cc4)S(=O)(=O)c4ccc(F)cc4)CC2C3)N1. The molecule has 7 rings (SSSR count). The number of amidine groups is 1. The fourth-order valence-electron chi connectivity index (χ4n) is 7.16. The van der Waals surface area contributed by atoms with Crippen LogP contribution >= 0.6 is 0 Å². The quantitative estimate of drug-likeness (QED) is 0.451. The summed E-state index contributed by atoms with van der Waals surface area (Å²) in [6.07, 6.45) is 0.187. The van der Waals surface area contributed by atoms with Gasteiger partial charge < -0.3 is 10.2 Å². The highest BCUT2D eigenvalue weighted by Crippen LogP contribution is 2.60. The number of nitrogens with one attached hydrogen (secondary N) is 1. The molecule has 2 aromatic carbocycles. The van der Waals surface area contributed by atoms with E-state index in [1.165, 1.54) is 28.6 Å². The number of alkyl halides is 3. The van der Waals surface area contributed by atoms with Gasteiger partial charge in [-0.15, -0.1) is 0 Å². The van der Waals surface area contributed by atoms with Crippen LogP contribution in [0.5, 0.6) is 0 Å². The van der Waals surface area contributed by atoms with E-state index in [1.807, 2.05) is 11.8 Å². The van der Waals surface area contributed by atoms with Crippen LogP contribution in [0.3, 0.4) is 0 Å². The number of piperidine rings is 1. The van der Waals surface area contributed by atoms with Crippen molar-refractivity contribution in [1.29, 1.82) is 0 Å². The number of carbonyl (C=O) groups is 1. The Kier molecular flexibility index (Phi) is 7.15. The minimum Gasteiger partial charge on any atom is -0.358 e. The van der Waals surface area contributed by atoms with Gasteiger partial charge in [0.25, 0.3) is 0 Å². The number of hydrogen-bond acceptors (Lipinski definition) is 5. The smallest absolute Gasteiger partial charge is 0.358 e. The number of nitrogens with zero attached hydrogens (tertiary/aromatic N) is 3. The molecule has 1 saturated heterocycles. The lowest BCUT2D eigenvalue weighted by Crippen LogP contribution is -2.58. The molecule has 0 radical (unpaired) electrons. The third kappa shape index (κ3) is 5.10. The number of rotatable bonds is 7. The lowest BCUT2D eigenvalue weighted by Gasteiger charge is -2.46. The molecule has 42 heavy (non-hydrogen) atoms. The number of carbonyl (C=O) groups excluding carboxylic acids is 1. The average molecular weight is 607 g/mol. The van der Waals surface area contributed by atoms with Crippen LogP contribution in [-0.2, 0) is 27.5 Å². The molecule has 2 atom stereocenters. The van der Waals surface area contributed by atoms with Crippen LogP contribution in [-0.4, -0.2) is 60.1 Å². The van der Waals surface area contributed by atoms with Crippen LogP contribution < -0.4 is 5.32 Å². The van der Waals surface area contributed by atoms with Crippen LogP contribution in [0, 0.1) is 17.7 Å². The van der Waals surface area contributed by atoms with Gasteiger partial charge in [-0.05, 0) is 93.3 Å². The number of likely N-dealkylation sites (tertiary alicyclic amines) is 1. The second kappa shape index (κ2) is 10.3. The molecule has 0 aromatic heterocycles. The summed E-state index contributed by atoms with van der Waals surface area (Å²) in [5.74, 6) is 0.268. The summed E-state index contributed by atoms with van der Waals surface area (Å²) in [4.78, 5) is 19.9. The summed E-state index contributed by atoms with van der Waals surface area (Å²) in [6.45, 7) is 3.53. The van der Waals surface area contributed by atoms with Gasteiger partial charge in [0.2, 0.25) is 15.9 Å². The molecular weight excluding hydrogens is 572 g/mol. The lowest BCUT2D eigenvalue weighted by atomic mass is 9.76. The van der Waals surface area contributed by atoms with Gasteiger partial charge in [0.05, 0.1) is 17.0 Å². The molecule has 0 spiro atoms. The van der Waals surface area contributed by atoms with Crippen molar-refractivity contribution in [3.05, 3.63) is 65.5 Å². The van der Waals surface area contributed by atoms with E-state index in [9.17, 15) is 30.8 Å². The van der Waals surface area contributed by atoms with Crippen LogP contribution in [0.2, 0.25) is 0 Å². The van der Waals surface area contributed by atoms with E-state index >= 15 is 0 Å². The van der Waals surface area contributed by atoms with Crippen molar-refractivity contribution in [2.24, 2.45) is 16.8 Å². The zero-order chi connectivity index (χ0) is 29.9. The monoisotopic (exact) mass is 606 g/mol. The number of sulfonamides is 1. The molecule has 5 aliphatic rings. The first-order valence-corrected chi connectivity index (χ1v) is 15.8. The summed E-state index contributed by atoms with van der Waals surface area (Å²) < 4.78 is 82.6. The summed E-state index contributed by atoms with van der Waals surface area (Å²) in [6, 6.07) is 9.10. The number of amides is 1. The zero-order valence-electron chi connectivity index (χ0n) is 23.3. The Balaban J connectivity index is 1.25. The molecule has 7 nitrogen and oxygen atoms in total. The Bertz CT molecular complexity index is 1480. The Labute approximate surface area is 243 Å². The molecule has 226 valence electrons. The van der Waals surface area contributed by atoms with Gasteiger partial charge >= 0.3 is 6.18 Å². The maximum Gasteiger partial charge on any atom is 0.416 e. The fourth-order valence-corrected chi connectivity index (χ4v) is 8.94. The van der Waals surface area contributed by atoms with Crippen molar-refractivity contribution in [1.82, 2.24) is 14.5 Å². The van der Waals surface area contributed by atoms with Gasteiger partial charge in [-0.3, -0.25) is 9.79 Å². The highest BCUT2D eigenvalue weighted by atomic mass is 32.2. The van der Waals surface area contributed by atoms with E-state index < -0.39 is 38.7 Å².